The zero-order chi connectivity index (χ0) is 16.6. The van der Waals surface area contributed by atoms with Crippen molar-refractivity contribution in [3.8, 4) is 0 Å². The topological polar surface area (TPSA) is 41.6 Å². The van der Waals surface area contributed by atoms with Crippen molar-refractivity contribution >= 4 is 6.09 Å². The summed E-state index contributed by atoms with van der Waals surface area (Å²) in [6.45, 7) is 13.0. The number of likely N-dealkylation sites (tertiary alicyclic amines) is 1. The first-order chi connectivity index (χ1) is 10.4. The fourth-order valence-electron chi connectivity index (χ4n) is 3.02. The number of hydrogen-bond acceptors (Lipinski definition) is 3. The van der Waals surface area contributed by atoms with Crippen LogP contribution in [0.4, 0.5) is 4.79 Å². The maximum Gasteiger partial charge on any atom is 0.410 e. The van der Waals surface area contributed by atoms with Crippen LogP contribution in [0.25, 0.3) is 0 Å². The second-order valence-corrected chi connectivity index (χ2v) is 7.59. The van der Waals surface area contributed by atoms with E-state index in [0.29, 0.717) is 12.0 Å². The molecule has 0 aromatic heterocycles. The molecule has 0 unspecified atom stereocenters. The van der Waals surface area contributed by atoms with Crippen LogP contribution in [-0.2, 0) is 4.74 Å². The van der Waals surface area contributed by atoms with Crippen LogP contribution in [0, 0.1) is 5.92 Å². The molecule has 0 spiro atoms. The average molecular weight is 312 g/mol. The first-order valence-electron chi connectivity index (χ1n) is 9.07. The molecule has 22 heavy (non-hydrogen) atoms. The Kier molecular flexibility index (Phi) is 8.23. The standard InChI is InChI=1S/C18H36N2O2/c1-6-8-16(9-7-2)19-14-15-10-12-20(13-11-15)17(21)22-18(3,4)5/h15-16,19H,6-14H2,1-5H3. The lowest BCUT2D eigenvalue weighted by Crippen LogP contribution is -2.44. The van der Waals surface area contributed by atoms with Crippen LogP contribution < -0.4 is 5.32 Å². The number of carbonyl (C=O) groups excluding carboxylic acids is 1. The van der Waals surface area contributed by atoms with Crippen LogP contribution in [0.3, 0.4) is 0 Å². The highest BCUT2D eigenvalue weighted by atomic mass is 16.6. The first-order valence-corrected chi connectivity index (χ1v) is 9.07. The van der Waals surface area contributed by atoms with E-state index in [9.17, 15) is 4.79 Å². The van der Waals surface area contributed by atoms with Crippen molar-refractivity contribution in [2.45, 2.75) is 84.8 Å². The zero-order valence-electron chi connectivity index (χ0n) is 15.3. The molecule has 0 radical (unpaired) electrons. The van der Waals surface area contributed by atoms with Gasteiger partial charge in [0.2, 0.25) is 0 Å². The van der Waals surface area contributed by atoms with Crippen molar-refractivity contribution < 1.29 is 9.53 Å². The molecule has 0 aromatic rings. The van der Waals surface area contributed by atoms with Gasteiger partial charge >= 0.3 is 6.09 Å². The quantitative estimate of drug-likeness (QED) is 0.766. The second-order valence-electron chi connectivity index (χ2n) is 7.59. The van der Waals surface area contributed by atoms with Crippen molar-refractivity contribution in [2.24, 2.45) is 5.92 Å². The Morgan fingerprint density at radius 1 is 1.18 bits per heavy atom. The molecule has 130 valence electrons. The van der Waals surface area contributed by atoms with E-state index in [1.54, 1.807) is 0 Å². The third-order valence-electron chi connectivity index (χ3n) is 4.24. The lowest BCUT2D eigenvalue weighted by atomic mass is 9.96. The minimum Gasteiger partial charge on any atom is -0.444 e. The molecule has 0 aromatic carbocycles. The van der Waals surface area contributed by atoms with Gasteiger partial charge in [-0.05, 0) is 58.9 Å². The van der Waals surface area contributed by atoms with Gasteiger partial charge in [-0.2, -0.15) is 0 Å². The molecule has 1 N–H and O–H groups in total. The minimum atomic E-state index is -0.400. The summed E-state index contributed by atoms with van der Waals surface area (Å²) in [4.78, 5) is 13.9. The summed E-state index contributed by atoms with van der Waals surface area (Å²) in [7, 11) is 0. The summed E-state index contributed by atoms with van der Waals surface area (Å²) in [6.07, 6.45) is 7.03. The molecule has 1 saturated heterocycles. The highest BCUT2D eigenvalue weighted by Crippen LogP contribution is 2.19. The summed E-state index contributed by atoms with van der Waals surface area (Å²) in [6, 6.07) is 0.666. The lowest BCUT2D eigenvalue weighted by molar-refractivity contribution is 0.0183. The summed E-state index contributed by atoms with van der Waals surface area (Å²) >= 11 is 0. The van der Waals surface area contributed by atoms with Crippen molar-refractivity contribution in [3.05, 3.63) is 0 Å². The SMILES string of the molecule is CCCC(CCC)NCC1CCN(C(=O)OC(C)(C)C)CC1. The molecule has 0 aliphatic carbocycles. The third kappa shape index (κ3) is 7.48. The average Bonchev–Trinajstić information content (AvgIpc) is 2.44. The van der Waals surface area contributed by atoms with Gasteiger partial charge in [0.1, 0.15) is 5.60 Å². The lowest BCUT2D eigenvalue weighted by Gasteiger charge is -2.34. The van der Waals surface area contributed by atoms with Gasteiger partial charge in [-0.3, -0.25) is 0 Å². The van der Waals surface area contributed by atoms with Crippen LogP contribution in [0.5, 0.6) is 0 Å². The molecule has 0 saturated carbocycles. The van der Waals surface area contributed by atoms with Crippen LogP contribution in [0.1, 0.15) is 73.1 Å². The molecule has 1 fully saturated rings. The number of ether oxygens (including phenoxy) is 1. The van der Waals surface area contributed by atoms with Gasteiger partial charge in [-0.15, -0.1) is 0 Å². The van der Waals surface area contributed by atoms with Gasteiger partial charge in [-0.25, -0.2) is 4.79 Å². The summed E-state index contributed by atoms with van der Waals surface area (Å²) in [5, 5.41) is 3.74. The molecular weight excluding hydrogens is 276 g/mol. The maximum absolute atomic E-state index is 12.0. The Bertz CT molecular complexity index is 312. The van der Waals surface area contributed by atoms with Crippen molar-refractivity contribution in [3.63, 3.8) is 0 Å². The van der Waals surface area contributed by atoms with E-state index < -0.39 is 5.60 Å². The summed E-state index contributed by atoms with van der Waals surface area (Å²) in [5.74, 6) is 0.690. The molecule has 1 rings (SSSR count). The third-order valence-corrected chi connectivity index (χ3v) is 4.24. The van der Waals surface area contributed by atoms with Gasteiger partial charge in [0.05, 0.1) is 0 Å². The highest BCUT2D eigenvalue weighted by molar-refractivity contribution is 5.68. The van der Waals surface area contributed by atoms with Crippen molar-refractivity contribution in [1.29, 1.82) is 0 Å². The van der Waals surface area contributed by atoms with E-state index in [1.807, 2.05) is 25.7 Å². The summed E-state index contributed by atoms with van der Waals surface area (Å²) < 4.78 is 5.45. The smallest absolute Gasteiger partial charge is 0.410 e. The number of amides is 1. The predicted molar refractivity (Wildman–Crippen MR) is 92.1 cm³/mol. The van der Waals surface area contributed by atoms with Gasteiger partial charge in [0, 0.05) is 19.1 Å². The van der Waals surface area contributed by atoms with Gasteiger partial charge in [-0.1, -0.05) is 26.7 Å². The Labute approximate surface area is 137 Å². The Morgan fingerprint density at radius 2 is 1.73 bits per heavy atom. The van der Waals surface area contributed by atoms with Crippen LogP contribution in [-0.4, -0.2) is 42.3 Å². The van der Waals surface area contributed by atoms with E-state index in [4.69, 9.17) is 4.74 Å². The molecule has 4 heteroatoms. The van der Waals surface area contributed by atoms with Crippen LogP contribution >= 0.6 is 0 Å². The van der Waals surface area contributed by atoms with E-state index in [0.717, 1.165) is 32.5 Å². The molecular formula is C18H36N2O2. The first kappa shape index (κ1) is 19.3. The van der Waals surface area contributed by atoms with E-state index in [2.05, 4.69) is 19.2 Å². The second kappa shape index (κ2) is 9.39. The molecule has 4 nitrogen and oxygen atoms in total. The van der Waals surface area contributed by atoms with Crippen molar-refractivity contribution in [1.82, 2.24) is 10.2 Å². The molecule has 1 aliphatic heterocycles. The molecule has 1 heterocycles. The molecule has 0 bridgehead atoms. The monoisotopic (exact) mass is 312 g/mol. The predicted octanol–water partition coefficient (Wildman–Crippen LogP) is 4.19. The Morgan fingerprint density at radius 3 is 2.18 bits per heavy atom. The maximum atomic E-state index is 12.0. The highest BCUT2D eigenvalue weighted by Gasteiger charge is 2.26. The Hall–Kier alpha value is -0.770. The van der Waals surface area contributed by atoms with E-state index in [-0.39, 0.29) is 6.09 Å². The minimum absolute atomic E-state index is 0.159. The fraction of sp³-hybridized carbons (Fsp3) is 0.944. The number of nitrogens with one attached hydrogen (secondary N) is 1. The number of hydrogen-bond donors (Lipinski definition) is 1. The molecule has 0 atom stereocenters. The van der Waals surface area contributed by atoms with Crippen LogP contribution in [0.2, 0.25) is 0 Å². The van der Waals surface area contributed by atoms with E-state index >= 15 is 0 Å². The Balaban J connectivity index is 2.28. The molecule has 1 aliphatic rings. The van der Waals surface area contributed by atoms with Crippen molar-refractivity contribution in [2.75, 3.05) is 19.6 Å². The largest absolute Gasteiger partial charge is 0.444 e. The normalized spacial score (nSPS) is 17.1. The zero-order valence-corrected chi connectivity index (χ0v) is 15.3. The van der Waals surface area contributed by atoms with Gasteiger partial charge in [0.25, 0.3) is 0 Å². The number of piperidine rings is 1. The van der Waals surface area contributed by atoms with Crippen LogP contribution in [0.15, 0.2) is 0 Å². The molecule has 1 amide bonds. The number of nitrogens with zero attached hydrogens (tertiary/aromatic N) is 1. The van der Waals surface area contributed by atoms with Gasteiger partial charge in [0.15, 0.2) is 0 Å². The number of carbonyl (C=O) groups is 1. The van der Waals surface area contributed by atoms with Gasteiger partial charge < -0.3 is 15.0 Å². The van der Waals surface area contributed by atoms with E-state index in [1.165, 1.54) is 25.7 Å². The number of rotatable bonds is 7. The fourth-order valence-corrected chi connectivity index (χ4v) is 3.02. The summed E-state index contributed by atoms with van der Waals surface area (Å²) in [5.41, 5.74) is -0.400.